The van der Waals surface area contributed by atoms with Crippen molar-refractivity contribution in [3.63, 3.8) is 0 Å². The highest BCUT2D eigenvalue weighted by Gasteiger charge is 2.79. The lowest BCUT2D eigenvalue weighted by Crippen LogP contribution is -2.45. The molecule has 0 radical (unpaired) electrons. The molecule has 496 valence electrons. The van der Waals surface area contributed by atoms with Gasteiger partial charge in [-0.05, 0) is 201 Å². The van der Waals surface area contributed by atoms with Crippen LogP contribution in [0, 0.1) is 105 Å². The highest BCUT2D eigenvalue weighted by Crippen LogP contribution is 2.79. The zero-order valence-corrected chi connectivity index (χ0v) is 60.8. The van der Waals surface area contributed by atoms with Crippen molar-refractivity contribution in [2.75, 3.05) is 0 Å². The van der Waals surface area contributed by atoms with E-state index in [9.17, 15) is 40.5 Å². The minimum Gasteiger partial charge on any atom is -0.264 e. The number of benzene rings is 4. The summed E-state index contributed by atoms with van der Waals surface area (Å²) >= 11 is 24.0. The van der Waals surface area contributed by atoms with Gasteiger partial charge in [-0.15, -0.1) is 0 Å². The van der Waals surface area contributed by atoms with Gasteiger partial charge in [-0.1, -0.05) is 195 Å². The first kappa shape index (κ1) is 70.9. The quantitative estimate of drug-likeness (QED) is 0.0766. The number of hydrogen-bond acceptors (Lipinski definition) is 8. The fraction of sp³-hybridized carbons (Fsp3) is 0.579. The van der Waals surface area contributed by atoms with Crippen LogP contribution in [0.5, 0.6) is 0 Å². The van der Waals surface area contributed by atoms with Crippen LogP contribution in [0.2, 0.25) is 20.1 Å². The largest absolute Gasteiger partial charge is 0.264 e. The molecule has 8 bridgehead atoms. The van der Waals surface area contributed by atoms with Crippen LogP contribution in [0.1, 0.15) is 186 Å². The highest BCUT2D eigenvalue weighted by molar-refractivity contribution is 6.31. The molecule has 0 spiro atoms. The molecule has 4 fully saturated rings. The Morgan fingerprint density at radius 3 is 0.565 bits per heavy atom. The third-order valence-corrected chi connectivity index (χ3v) is 31.1. The molecule has 12 nitrogen and oxygen atoms in total. The number of fused-ring (bicyclic) bond motifs is 8. The zero-order valence-electron chi connectivity index (χ0n) is 57.8. The van der Waals surface area contributed by atoms with Crippen LogP contribution < -0.4 is 0 Å². The van der Waals surface area contributed by atoms with Gasteiger partial charge in [0, 0.05) is 87.1 Å². The van der Waals surface area contributed by atoms with E-state index in [-0.39, 0.29) is 63.0 Å². The van der Waals surface area contributed by atoms with Gasteiger partial charge in [-0.2, -0.15) is 0 Å². The smallest absolute Gasteiger partial charge is 0.223 e. The van der Waals surface area contributed by atoms with Gasteiger partial charge in [-0.3, -0.25) is 40.5 Å². The molecule has 4 saturated carbocycles. The van der Waals surface area contributed by atoms with Crippen molar-refractivity contribution in [2.45, 2.75) is 214 Å². The van der Waals surface area contributed by atoms with Crippen LogP contribution in [0.25, 0.3) is 0 Å². The molecule has 4 aromatic rings. The number of hydrogen-bond donors (Lipinski definition) is 0. The fourth-order valence-corrected chi connectivity index (χ4v) is 22.4. The molecule has 92 heavy (non-hydrogen) atoms. The predicted octanol–water partition coefficient (Wildman–Crippen LogP) is 21.2. The molecule has 16 atom stereocenters. The van der Waals surface area contributed by atoms with E-state index in [1.165, 1.54) is 66.8 Å². The molecule has 0 aromatic heterocycles. The first-order valence-electron chi connectivity index (χ1n) is 32.6. The highest BCUT2D eigenvalue weighted by atomic mass is 35.5. The van der Waals surface area contributed by atoms with Crippen LogP contribution in [0.3, 0.4) is 0 Å². The van der Waals surface area contributed by atoms with E-state index in [0.717, 1.165) is 45.8 Å². The second-order valence-corrected chi connectivity index (χ2v) is 33.4. The topological polar surface area (TPSA) is 173 Å². The van der Waals surface area contributed by atoms with E-state index >= 15 is 0 Å². The fourth-order valence-electron chi connectivity index (χ4n) is 21.9. The summed E-state index contributed by atoms with van der Waals surface area (Å²) in [5, 5.41) is 49.9. The minimum absolute atomic E-state index is 0.0543. The zero-order chi connectivity index (χ0) is 68.8. The van der Waals surface area contributed by atoms with E-state index in [4.69, 9.17) is 46.4 Å². The van der Waals surface area contributed by atoms with Gasteiger partial charge in [0.25, 0.3) is 0 Å². The molecule has 8 aliphatic carbocycles. The van der Waals surface area contributed by atoms with E-state index in [0.29, 0.717) is 25.7 Å². The summed E-state index contributed by atoms with van der Waals surface area (Å²) in [6.07, 6.45) is 5.83. The summed E-state index contributed by atoms with van der Waals surface area (Å²) in [6, 6.07) is 29.6. The van der Waals surface area contributed by atoms with Crippen molar-refractivity contribution in [3.05, 3.63) is 224 Å². The van der Waals surface area contributed by atoms with E-state index in [1.54, 1.807) is 0 Å². The van der Waals surface area contributed by atoms with E-state index < -0.39 is 45.8 Å². The molecule has 0 amide bonds. The first-order chi connectivity index (χ1) is 42.3. The van der Waals surface area contributed by atoms with Crippen molar-refractivity contribution in [2.24, 2.45) is 65.0 Å². The Hall–Kier alpha value is -5.40. The van der Waals surface area contributed by atoms with Gasteiger partial charge in [0.1, 0.15) is 0 Å². The van der Waals surface area contributed by atoms with Crippen molar-refractivity contribution in [3.8, 4) is 0 Å². The maximum atomic E-state index is 11.7. The van der Waals surface area contributed by atoms with Crippen LogP contribution in [0.4, 0.5) is 0 Å². The molecule has 0 N–H and O–H groups in total. The number of halogens is 4. The first-order valence-corrected chi connectivity index (χ1v) is 34.1. The van der Waals surface area contributed by atoms with Crippen LogP contribution in [-0.4, -0.2) is 43.9 Å². The van der Waals surface area contributed by atoms with Crippen LogP contribution >= 0.6 is 46.4 Å². The average Bonchev–Trinajstić information content (AvgIpc) is 1.53. The number of allylic oxidation sites excluding steroid dienone is 4. The third-order valence-electron chi connectivity index (χ3n) is 30.1. The minimum atomic E-state index is -0.506. The Labute approximate surface area is 566 Å². The Balaban J connectivity index is 0.000000145. The maximum absolute atomic E-state index is 11.7. The Morgan fingerprint density at radius 1 is 0.293 bits per heavy atom. The molecular weight excluding hydrogens is 1240 g/mol. The molecule has 0 unspecified atom stereocenters. The van der Waals surface area contributed by atoms with Crippen molar-refractivity contribution < 1.29 is 19.7 Å². The molecule has 0 saturated heterocycles. The standard InChI is InChI=1S/4C19H24ClNO2/c4*1-12-13(2)19(5)16(21(22)23)11-17(12,3)18(19,4)10-14-6-8-15(20)9-7-14/h4*6-9,16H,10-11H2,1-5H3/t4*16-,17-,18+,19-/m0000/s1. The summed E-state index contributed by atoms with van der Waals surface area (Å²) in [4.78, 5) is 46.7. The normalized spacial score (nSPS) is 39.1. The number of rotatable bonds is 12. The number of nitrogens with zero attached hydrogens (tertiary/aromatic N) is 4. The Kier molecular flexibility index (Phi) is 17.9. The van der Waals surface area contributed by atoms with Crippen molar-refractivity contribution >= 4 is 46.4 Å². The Bertz CT molecular complexity index is 3340. The van der Waals surface area contributed by atoms with Crippen LogP contribution in [-0.2, 0) is 25.7 Å². The molecular formula is C76H96Cl4N4O8. The van der Waals surface area contributed by atoms with E-state index in [1.807, 2.05) is 97.1 Å². The van der Waals surface area contributed by atoms with Gasteiger partial charge in [0.2, 0.25) is 24.2 Å². The second-order valence-electron chi connectivity index (χ2n) is 31.7. The summed E-state index contributed by atoms with van der Waals surface area (Å²) in [6.45, 7) is 43.3. The van der Waals surface area contributed by atoms with Gasteiger partial charge < -0.3 is 0 Å². The van der Waals surface area contributed by atoms with Crippen molar-refractivity contribution in [1.29, 1.82) is 0 Å². The lowest BCUT2D eigenvalue weighted by Gasteiger charge is -2.43. The summed E-state index contributed by atoms with van der Waals surface area (Å²) in [5.74, 6) is 0. The predicted molar refractivity (Wildman–Crippen MR) is 373 cm³/mol. The van der Waals surface area contributed by atoms with Gasteiger partial charge in [0.05, 0.1) is 21.7 Å². The average molecular weight is 1340 g/mol. The SMILES string of the molecule is CC1=C(C)[C@@]2(C)[C@@H]([N+](=O)[O-])C[C@]1(C)[C@@]2(C)Cc1ccc(Cl)cc1.CC1=C(C)[C@@]2(C)[C@@H]([N+](=O)[O-])C[C@]1(C)[C@@]2(C)Cc1ccc(Cl)cc1.CC1=C(C)[C@@]2(C)[C@@H]([N+](=O)[O-])C[C@]1(C)[C@@]2(C)Cc1ccc(Cl)cc1.CC1=C(C)[C@@]2(C)[C@@H]([N+](=O)[O-])C[C@]1(C)[C@@]2(C)Cc1ccc(Cl)cc1. The molecule has 12 rings (SSSR count). The van der Waals surface area contributed by atoms with Gasteiger partial charge in [0.15, 0.2) is 0 Å². The molecule has 8 aliphatic rings. The van der Waals surface area contributed by atoms with Gasteiger partial charge in [-0.25, -0.2) is 0 Å². The molecule has 16 heteroatoms. The molecule has 0 aliphatic heterocycles. The van der Waals surface area contributed by atoms with Crippen LogP contribution in [0.15, 0.2) is 142 Å². The summed E-state index contributed by atoms with van der Waals surface area (Å²) in [5.41, 5.74) is 12.2. The maximum Gasteiger partial charge on any atom is 0.223 e. The molecule has 0 heterocycles. The van der Waals surface area contributed by atoms with Crippen molar-refractivity contribution in [1.82, 2.24) is 0 Å². The van der Waals surface area contributed by atoms with Gasteiger partial charge >= 0.3 is 0 Å². The monoisotopic (exact) mass is 1330 g/mol. The summed E-state index contributed by atoms with van der Waals surface area (Å²) < 4.78 is 0. The Morgan fingerprint density at radius 2 is 0.435 bits per heavy atom. The lowest BCUT2D eigenvalue weighted by atomic mass is 9.58. The lowest BCUT2D eigenvalue weighted by molar-refractivity contribution is -0.538. The number of nitro groups is 4. The third kappa shape index (κ3) is 9.42. The van der Waals surface area contributed by atoms with E-state index in [2.05, 4.69) is 138 Å². The second kappa shape index (κ2) is 23.2. The molecule has 4 aromatic carbocycles. The summed E-state index contributed by atoms with van der Waals surface area (Å²) in [7, 11) is 0.